The van der Waals surface area contributed by atoms with E-state index in [2.05, 4.69) is 10.3 Å². The fourth-order valence-corrected chi connectivity index (χ4v) is 1.66. The number of carbonyl (C=O) groups excluding carboxylic acids is 2. The van der Waals surface area contributed by atoms with Gasteiger partial charge in [0.2, 0.25) is 6.08 Å². The summed E-state index contributed by atoms with van der Waals surface area (Å²) in [5, 5.41) is 2.61. The zero-order valence-corrected chi connectivity index (χ0v) is 10.8. The van der Waals surface area contributed by atoms with Gasteiger partial charge in [-0.2, -0.15) is 4.99 Å². The highest BCUT2D eigenvalue weighted by molar-refractivity contribution is 5.88. The van der Waals surface area contributed by atoms with Crippen molar-refractivity contribution in [3.8, 4) is 5.75 Å². The van der Waals surface area contributed by atoms with Crippen molar-refractivity contribution < 1.29 is 14.3 Å². The third-order valence-corrected chi connectivity index (χ3v) is 2.66. The normalized spacial score (nSPS) is 9.45. The molecular formula is C15H12N2O3. The molecule has 5 heteroatoms. The third kappa shape index (κ3) is 3.31. The predicted molar refractivity (Wildman–Crippen MR) is 75.0 cm³/mol. The maximum Gasteiger partial charge on any atom is 0.417 e. The number of aliphatic imine (C=N–C) groups is 1. The van der Waals surface area contributed by atoms with Gasteiger partial charge in [0, 0.05) is 5.69 Å². The second-order valence-electron chi connectivity index (χ2n) is 3.98. The first kappa shape index (κ1) is 13.5. The van der Waals surface area contributed by atoms with Crippen molar-refractivity contribution in [1.29, 1.82) is 0 Å². The van der Waals surface area contributed by atoms with Crippen LogP contribution in [0.1, 0.15) is 5.56 Å². The maximum absolute atomic E-state index is 11.8. The Balaban J connectivity index is 2.12. The fraction of sp³-hybridized carbons (Fsp3) is 0.0667. The lowest BCUT2D eigenvalue weighted by atomic mass is 10.1. The molecule has 0 heterocycles. The molecule has 0 spiro atoms. The Hall–Kier alpha value is -2.91. The lowest BCUT2D eigenvalue weighted by Gasteiger charge is -2.09. The van der Waals surface area contributed by atoms with Gasteiger partial charge in [0.1, 0.15) is 5.75 Å². The predicted octanol–water partition coefficient (Wildman–Crippen LogP) is 3.57. The number of anilines is 1. The van der Waals surface area contributed by atoms with E-state index in [1.165, 1.54) is 6.08 Å². The minimum absolute atomic E-state index is 0.449. The minimum Gasteiger partial charge on any atom is -0.410 e. The highest BCUT2D eigenvalue weighted by atomic mass is 16.6. The molecule has 0 saturated heterocycles. The number of para-hydroxylation sites is 1. The summed E-state index contributed by atoms with van der Waals surface area (Å²) in [6.07, 6.45) is 0.871. The van der Waals surface area contributed by atoms with Crippen LogP contribution in [-0.4, -0.2) is 12.2 Å². The number of hydrogen-bond donors (Lipinski definition) is 1. The molecule has 0 saturated carbocycles. The van der Waals surface area contributed by atoms with E-state index in [1.54, 1.807) is 49.4 Å². The molecule has 1 amide bonds. The molecule has 0 unspecified atom stereocenters. The molecule has 0 aliphatic heterocycles. The van der Waals surface area contributed by atoms with Gasteiger partial charge in [-0.15, -0.1) is 0 Å². The van der Waals surface area contributed by atoms with Crippen LogP contribution in [0.15, 0.2) is 53.5 Å². The summed E-state index contributed by atoms with van der Waals surface area (Å²) in [4.78, 5) is 25.6. The number of carbonyl (C=O) groups is 1. The molecule has 2 rings (SSSR count). The largest absolute Gasteiger partial charge is 0.417 e. The Morgan fingerprint density at radius 3 is 2.60 bits per heavy atom. The van der Waals surface area contributed by atoms with Crippen LogP contribution in [0, 0.1) is 6.92 Å². The van der Waals surface area contributed by atoms with Gasteiger partial charge in [0.25, 0.3) is 0 Å². The summed E-state index contributed by atoms with van der Waals surface area (Å²) in [5.74, 6) is 0.449. The van der Waals surface area contributed by atoms with E-state index >= 15 is 0 Å². The smallest absolute Gasteiger partial charge is 0.410 e. The van der Waals surface area contributed by atoms with E-state index in [-0.39, 0.29) is 0 Å². The van der Waals surface area contributed by atoms with Gasteiger partial charge < -0.3 is 4.74 Å². The number of nitrogens with zero attached hydrogens (tertiary/aromatic N) is 1. The Bertz CT molecular complexity index is 662. The molecular weight excluding hydrogens is 256 g/mol. The van der Waals surface area contributed by atoms with E-state index in [0.29, 0.717) is 22.7 Å². The van der Waals surface area contributed by atoms with Crippen LogP contribution in [0.4, 0.5) is 16.2 Å². The topological polar surface area (TPSA) is 67.8 Å². The Labute approximate surface area is 115 Å². The summed E-state index contributed by atoms with van der Waals surface area (Å²) in [6.45, 7) is 1.74. The van der Waals surface area contributed by atoms with Crippen molar-refractivity contribution in [3.63, 3.8) is 0 Å². The minimum atomic E-state index is -0.605. The average molecular weight is 268 g/mol. The molecule has 0 aromatic heterocycles. The van der Waals surface area contributed by atoms with E-state index in [1.807, 2.05) is 6.07 Å². The van der Waals surface area contributed by atoms with Crippen molar-refractivity contribution in [2.45, 2.75) is 6.92 Å². The Morgan fingerprint density at radius 1 is 1.15 bits per heavy atom. The zero-order chi connectivity index (χ0) is 14.4. The second-order valence-corrected chi connectivity index (χ2v) is 3.98. The van der Waals surface area contributed by atoms with Crippen LogP contribution in [0.3, 0.4) is 0 Å². The number of nitrogens with one attached hydrogen (secondary N) is 1. The van der Waals surface area contributed by atoms with Gasteiger partial charge in [-0.3, -0.25) is 5.32 Å². The van der Waals surface area contributed by atoms with E-state index in [4.69, 9.17) is 4.74 Å². The molecule has 1 N–H and O–H groups in total. The van der Waals surface area contributed by atoms with Crippen molar-refractivity contribution in [3.05, 3.63) is 54.1 Å². The first-order valence-electron chi connectivity index (χ1n) is 5.92. The zero-order valence-electron chi connectivity index (χ0n) is 10.8. The van der Waals surface area contributed by atoms with Gasteiger partial charge in [-0.25, -0.2) is 9.59 Å². The van der Waals surface area contributed by atoms with Gasteiger partial charge in [-0.05, 0) is 36.8 Å². The molecule has 0 atom stereocenters. The Kier molecular flexibility index (Phi) is 4.27. The number of amides is 1. The highest BCUT2D eigenvalue weighted by Gasteiger charge is 2.08. The van der Waals surface area contributed by atoms with Crippen LogP contribution in [0.25, 0.3) is 0 Å². The van der Waals surface area contributed by atoms with Crippen molar-refractivity contribution in [2.75, 3.05) is 5.32 Å². The van der Waals surface area contributed by atoms with Crippen LogP contribution >= 0.6 is 0 Å². The molecule has 0 radical (unpaired) electrons. The molecule has 0 bridgehead atoms. The molecule has 2 aromatic rings. The molecule has 2 aromatic carbocycles. The molecule has 20 heavy (non-hydrogen) atoms. The quantitative estimate of drug-likeness (QED) is 0.683. The summed E-state index contributed by atoms with van der Waals surface area (Å²) in [5.41, 5.74) is 1.65. The molecule has 0 aliphatic carbocycles. The first-order chi connectivity index (χ1) is 9.70. The van der Waals surface area contributed by atoms with Gasteiger partial charge in [-0.1, -0.05) is 24.3 Å². The van der Waals surface area contributed by atoms with Crippen LogP contribution in [-0.2, 0) is 4.79 Å². The molecule has 100 valence electrons. The van der Waals surface area contributed by atoms with Crippen molar-refractivity contribution in [1.82, 2.24) is 0 Å². The van der Waals surface area contributed by atoms with Crippen LogP contribution in [0.5, 0.6) is 5.75 Å². The first-order valence-corrected chi connectivity index (χ1v) is 5.92. The maximum atomic E-state index is 11.8. The third-order valence-electron chi connectivity index (χ3n) is 2.66. The van der Waals surface area contributed by atoms with E-state index in [9.17, 15) is 9.59 Å². The van der Waals surface area contributed by atoms with Gasteiger partial charge in [0.15, 0.2) is 0 Å². The summed E-state index contributed by atoms with van der Waals surface area (Å²) >= 11 is 0. The lowest BCUT2D eigenvalue weighted by Crippen LogP contribution is -2.17. The summed E-state index contributed by atoms with van der Waals surface area (Å²) < 4.78 is 5.12. The number of ether oxygens (including phenoxy) is 1. The van der Waals surface area contributed by atoms with E-state index in [0.717, 1.165) is 0 Å². The van der Waals surface area contributed by atoms with Crippen LogP contribution < -0.4 is 10.1 Å². The molecule has 0 aliphatic rings. The number of hydrogen-bond acceptors (Lipinski definition) is 4. The standard InChI is InChI=1S/C15H12N2O3/c1-11-13(16-10-18)8-5-9-14(11)17-15(19)20-12-6-3-2-4-7-12/h2-9H,1H3,(H,17,19). The molecule has 0 fully saturated rings. The highest BCUT2D eigenvalue weighted by Crippen LogP contribution is 2.25. The summed E-state index contributed by atoms with van der Waals surface area (Å²) in [7, 11) is 0. The molecule has 5 nitrogen and oxygen atoms in total. The van der Waals surface area contributed by atoms with Crippen molar-refractivity contribution >= 4 is 23.5 Å². The Morgan fingerprint density at radius 2 is 1.90 bits per heavy atom. The van der Waals surface area contributed by atoms with E-state index < -0.39 is 6.09 Å². The number of benzene rings is 2. The van der Waals surface area contributed by atoms with Crippen molar-refractivity contribution in [2.24, 2.45) is 4.99 Å². The summed E-state index contributed by atoms with van der Waals surface area (Å²) in [6, 6.07) is 13.8. The lowest BCUT2D eigenvalue weighted by molar-refractivity contribution is 0.215. The van der Waals surface area contributed by atoms with Gasteiger partial charge >= 0.3 is 6.09 Å². The number of isocyanates is 1. The van der Waals surface area contributed by atoms with Crippen LogP contribution in [0.2, 0.25) is 0 Å². The average Bonchev–Trinajstić information content (AvgIpc) is 2.44. The fourth-order valence-electron chi connectivity index (χ4n) is 1.66. The van der Waals surface area contributed by atoms with Gasteiger partial charge in [0.05, 0.1) is 5.69 Å². The monoisotopic (exact) mass is 268 g/mol. The number of rotatable bonds is 3. The second kappa shape index (κ2) is 6.31. The SMILES string of the molecule is Cc1c(N=C=O)cccc1NC(=O)Oc1ccccc1.